The first kappa shape index (κ1) is 15.1. The number of rotatable bonds is 3. The van der Waals surface area contributed by atoms with Gasteiger partial charge in [-0.3, -0.25) is 0 Å². The molecule has 1 aromatic rings. The van der Waals surface area contributed by atoms with Gasteiger partial charge in [-0.25, -0.2) is 0 Å². The first-order valence-electron chi connectivity index (χ1n) is 6.35. The largest absolute Gasteiger partial charge is 0.416 e. The molecule has 2 rings (SSSR count). The number of hydrogen-bond donors (Lipinski definition) is 2. The van der Waals surface area contributed by atoms with Crippen molar-refractivity contribution in [3.8, 4) is 0 Å². The highest BCUT2D eigenvalue weighted by atomic mass is 32.2. The van der Waals surface area contributed by atoms with Gasteiger partial charge in [-0.1, -0.05) is 31.7 Å². The molecule has 1 aliphatic rings. The van der Waals surface area contributed by atoms with Crippen molar-refractivity contribution in [2.24, 2.45) is 5.92 Å². The number of anilines is 1. The van der Waals surface area contributed by atoms with Crippen LogP contribution in [0.4, 0.5) is 18.9 Å². The molecule has 0 saturated heterocycles. The topological polar surface area (TPSA) is 24.1 Å². The summed E-state index contributed by atoms with van der Waals surface area (Å²) in [5, 5.41) is 6.38. The molecule has 0 bridgehead atoms. The Labute approximate surface area is 120 Å². The van der Waals surface area contributed by atoms with Crippen molar-refractivity contribution in [3.63, 3.8) is 0 Å². The Morgan fingerprint density at radius 2 is 2.00 bits per heavy atom. The van der Waals surface area contributed by atoms with Crippen molar-refractivity contribution in [1.29, 1.82) is 0 Å². The molecule has 110 valence electrons. The molecular formula is C14H17F3N2S. The van der Waals surface area contributed by atoms with E-state index in [4.69, 9.17) is 0 Å². The second kappa shape index (κ2) is 5.60. The summed E-state index contributed by atoms with van der Waals surface area (Å²) in [6, 6.07) is 5.25. The second-order valence-electron chi connectivity index (χ2n) is 4.99. The van der Waals surface area contributed by atoms with Crippen LogP contribution in [0.5, 0.6) is 0 Å². The quantitative estimate of drug-likeness (QED) is 0.851. The van der Waals surface area contributed by atoms with Crippen molar-refractivity contribution >= 4 is 17.4 Å². The minimum atomic E-state index is -4.31. The van der Waals surface area contributed by atoms with E-state index < -0.39 is 11.7 Å². The Kier molecular flexibility index (Phi) is 4.22. The third-order valence-corrected chi connectivity index (χ3v) is 4.07. The van der Waals surface area contributed by atoms with Crippen LogP contribution in [-0.2, 0) is 6.18 Å². The van der Waals surface area contributed by atoms with Gasteiger partial charge < -0.3 is 10.6 Å². The SMILES string of the molecule is CC1=C(C(C)C)NC(Nc2cccc(C(F)(F)F)c2)S1. The molecule has 0 aromatic heterocycles. The molecule has 0 amide bonds. The van der Waals surface area contributed by atoms with E-state index in [1.54, 1.807) is 17.8 Å². The number of nitrogens with one attached hydrogen (secondary N) is 2. The van der Waals surface area contributed by atoms with Gasteiger partial charge in [0.1, 0.15) is 5.50 Å². The van der Waals surface area contributed by atoms with E-state index in [0.717, 1.165) is 17.8 Å². The fraction of sp³-hybridized carbons (Fsp3) is 0.429. The van der Waals surface area contributed by atoms with E-state index >= 15 is 0 Å². The lowest BCUT2D eigenvalue weighted by Gasteiger charge is -2.18. The van der Waals surface area contributed by atoms with Crippen LogP contribution in [-0.4, -0.2) is 5.50 Å². The fourth-order valence-corrected chi connectivity index (χ4v) is 3.24. The molecule has 2 N–H and O–H groups in total. The van der Waals surface area contributed by atoms with E-state index in [2.05, 4.69) is 24.5 Å². The molecule has 0 spiro atoms. The van der Waals surface area contributed by atoms with Crippen LogP contribution in [0.15, 0.2) is 34.9 Å². The highest BCUT2D eigenvalue weighted by molar-refractivity contribution is 8.03. The van der Waals surface area contributed by atoms with Crippen LogP contribution in [0.2, 0.25) is 0 Å². The number of allylic oxidation sites excluding steroid dienone is 2. The minimum absolute atomic E-state index is 0.129. The van der Waals surface area contributed by atoms with Crippen LogP contribution in [0.25, 0.3) is 0 Å². The highest BCUT2D eigenvalue weighted by Crippen LogP contribution is 2.35. The molecule has 1 aliphatic heterocycles. The highest BCUT2D eigenvalue weighted by Gasteiger charge is 2.31. The summed E-state index contributed by atoms with van der Waals surface area (Å²) in [6.07, 6.45) is -4.31. The summed E-state index contributed by atoms with van der Waals surface area (Å²) >= 11 is 1.59. The number of alkyl halides is 3. The van der Waals surface area contributed by atoms with Gasteiger partial charge in [0.05, 0.1) is 5.56 Å². The van der Waals surface area contributed by atoms with Crippen LogP contribution < -0.4 is 10.6 Å². The molecule has 0 fully saturated rings. The average molecular weight is 302 g/mol. The first-order chi connectivity index (χ1) is 9.27. The lowest BCUT2D eigenvalue weighted by atomic mass is 10.1. The molecule has 1 atom stereocenters. The van der Waals surface area contributed by atoms with Crippen molar-refractivity contribution in [2.45, 2.75) is 32.4 Å². The van der Waals surface area contributed by atoms with Gasteiger partial charge >= 0.3 is 6.18 Å². The molecule has 1 heterocycles. The van der Waals surface area contributed by atoms with Gasteiger partial charge in [0.15, 0.2) is 0 Å². The Morgan fingerprint density at radius 1 is 1.30 bits per heavy atom. The summed E-state index contributed by atoms with van der Waals surface area (Å²) in [6.45, 7) is 6.18. The van der Waals surface area contributed by atoms with Gasteiger partial charge in [0.2, 0.25) is 0 Å². The van der Waals surface area contributed by atoms with Gasteiger partial charge in [-0.2, -0.15) is 13.2 Å². The van der Waals surface area contributed by atoms with E-state index in [0.29, 0.717) is 11.6 Å². The molecule has 2 nitrogen and oxygen atoms in total. The minimum Gasteiger partial charge on any atom is -0.359 e. The number of benzene rings is 1. The summed E-state index contributed by atoms with van der Waals surface area (Å²) in [7, 11) is 0. The Morgan fingerprint density at radius 3 is 2.55 bits per heavy atom. The molecule has 6 heteroatoms. The van der Waals surface area contributed by atoms with Crippen molar-refractivity contribution in [1.82, 2.24) is 5.32 Å². The fourth-order valence-electron chi connectivity index (χ4n) is 2.09. The van der Waals surface area contributed by atoms with Crippen LogP contribution in [0.1, 0.15) is 26.3 Å². The van der Waals surface area contributed by atoms with Gasteiger partial charge in [-0.15, -0.1) is 0 Å². The normalized spacial score (nSPS) is 19.4. The standard InChI is InChI=1S/C14H17F3N2S/c1-8(2)12-9(3)20-13(19-12)18-11-6-4-5-10(7-11)14(15,16)17/h4-8,13,18-19H,1-3H3. The predicted octanol–water partition coefficient (Wildman–Crippen LogP) is 4.62. The maximum Gasteiger partial charge on any atom is 0.416 e. The van der Waals surface area contributed by atoms with Crippen molar-refractivity contribution in [2.75, 3.05) is 5.32 Å². The van der Waals surface area contributed by atoms with Crippen LogP contribution >= 0.6 is 11.8 Å². The molecule has 0 aliphatic carbocycles. The smallest absolute Gasteiger partial charge is 0.359 e. The van der Waals surface area contributed by atoms with E-state index in [-0.39, 0.29) is 5.50 Å². The van der Waals surface area contributed by atoms with Crippen LogP contribution in [0, 0.1) is 5.92 Å². The summed E-state index contributed by atoms with van der Waals surface area (Å²) < 4.78 is 38.0. The third kappa shape index (κ3) is 3.42. The van der Waals surface area contributed by atoms with Gasteiger partial charge in [0.25, 0.3) is 0 Å². The molecule has 20 heavy (non-hydrogen) atoms. The van der Waals surface area contributed by atoms with Crippen molar-refractivity contribution < 1.29 is 13.2 Å². The zero-order valence-corrected chi connectivity index (χ0v) is 12.3. The van der Waals surface area contributed by atoms with E-state index in [1.807, 2.05) is 6.92 Å². The predicted molar refractivity (Wildman–Crippen MR) is 77.1 cm³/mol. The van der Waals surface area contributed by atoms with Gasteiger partial charge in [0, 0.05) is 16.3 Å². The average Bonchev–Trinajstić information content (AvgIpc) is 2.69. The lowest BCUT2D eigenvalue weighted by molar-refractivity contribution is -0.137. The molecular weight excluding hydrogens is 285 g/mol. The van der Waals surface area contributed by atoms with Crippen LogP contribution in [0.3, 0.4) is 0 Å². The maximum atomic E-state index is 12.7. The summed E-state index contributed by atoms with van der Waals surface area (Å²) in [5.74, 6) is 0.371. The van der Waals surface area contributed by atoms with Gasteiger partial charge in [-0.05, 0) is 31.0 Å². The molecule has 0 radical (unpaired) electrons. The Hall–Kier alpha value is -1.30. The first-order valence-corrected chi connectivity index (χ1v) is 7.23. The zero-order valence-electron chi connectivity index (χ0n) is 11.5. The number of hydrogen-bond acceptors (Lipinski definition) is 3. The second-order valence-corrected chi connectivity index (χ2v) is 6.31. The molecule has 1 unspecified atom stereocenters. The Bertz CT molecular complexity index is 523. The van der Waals surface area contributed by atoms with E-state index in [1.165, 1.54) is 11.0 Å². The number of thioether (sulfide) groups is 1. The zero-order chi connectivity index (χ0) is 14.9. The van der Waals surface area contributed by atoms with Crippen molar-refractivity contribution in [3.05, 3.63) is 40.4 Å². The Balaban J connectivity index is 2.06. The summed E-state index contributed by atoms with van der Waals surface area (Å²) in [4.78, 5) is 1.17. The lowest BCUT2D eigenvalue weighted by Crippen LogP contribution is -2.30. The molecule has 0 saturated carbocycles. The molecule has 1 aromatic carbocycles. The summed E-state index contributed by atoms with van der Waals surface area (Å²) in [5.41, 5.74) is 0.831. The third-order valence-electron chi connectivity index (χ3n) is 3.03. The maximum absolute atomic E-state index is 12.7. The van der Waals surface area contributed by atoms with E-state index in [9.17, 15) is 13.2 Å². The monoisotopic (exact) mass is 302 g/mol. The number of halogens is 3.